The first kappa shape index (κ1) is 12.1. The number of hydrogen-bond acceptors (Lipinski definition) is 3. The van der Waals surface area contributed by atoms with Crippen molar-refractivity contribution in [2.24, 2.45) is 5.73 Å². The molecule has 0 fully saturated rings. The third-order valence-electron chi connectivity index (χ3n) is 2.07. The Labute approximate surface area is 95.9 Å². The van der Waals surface area contributed by atoms with Crippen molar-refractivity contribution >= 4 is 11.8 Å². The maximum absolute atomic E-state index is 5.98. The Morgan fingerprint density at radius 3 is 2.73 bits per heavy atom. The fourth-order valence-corrected chi connectivity index (χ4v) is 2.07. The number of hydrogen-bond donors (Lipinski definition) is 2. The maximum atomic E-state index is 5.98. The third-order valence-corrected chi connectivity index (χ3v) is 3.27. The van der Waals surface area contributed by atoms with Crippen LogP contribution in [0.3, 0.4) is 0 Å². The van der Waals surface area contributed by atoms with Crippen molar-refractivity contribution in [2.45, 2.75) is 17.4 Å². The van der Waals surface area contributed by atoms with E-state index in [0.29, 0.717) is 0 Å². The van der Waals surface area contributed by atoms with Gasteiger partial charge >= 0.3 is 0 Å². The molecule has 0 unspecified atom stereocenters. The second-order valence-corrected chi connectivity index (χ2v) is 4.54. The lowest BCUT2D eigenvalue weighted by Gasteiger charge is -2.12. The van der Waals surface area contributed by atoms with Crippen molar-refractivity contribution in [3.8, 4) is 0 Å². The summed E-state index contributed by atoms with van der Waals surface area (Å²) in [5.41, 5.74) is 6.97. The molecular formula is C12H18N2S. The summed E-state index contributed by atoms with van der Waals surface area (Å²) >= 11 is 1.79. The van der Waals surface area contributed by atoms with Gasteiger partial charge < -0.3 is 11.1 Å². The molecule has 0 heterocycles. The van der Waals surface area contributed by atoms with Crippen LogP contribution in [0, 0.1) is 0 Å². The Bertz CT molecular complexity index is 298. The van der Waals surface area contributed by atoms with Crippen LogP contribution in [-0.2, 0) is 0 Å². The summed E-state index contributed by atoms with van der Waals surface area (Å²) in [6.45, 7) is 3.87. The Balaban J connectivity index is 2.28. The largest absolute Gasteiger partial charge is 0.392 e. The van der Waals surface area contributed by atoms with E-state index in [9.17, 15) is 0 Å². The van der Waals surface area contributed by atoms with Crippen LogP contribution in [0.2, 0.25) is 0 Å². The monoisotopic (exact) mass is 222 g/mol. The quantitative estimate of drug-likeness (QED) is 0.725. The minimum atomic E-state index is 0.162. The van der Waals surface area contributed by atoms with E-state index in [0.717, 1.165) is 17.9 Å². The molecule has 0 aliphatic rings. The molecule has 0 saturated heterocycles. The molecule has 1 aromatic carbocycles. The summed E-state index contributed by atoms with van der Waals surface area (Å²) in [5, 5.41) is 3.01. The fourth-order valence-electron chi connectivity index (χ4n) is 1.20. The SMILES string of the molecule is C=C(C[C@@H](N)CSc1ccccc1)NC. The Morgan fingerprint density at radius 1 is 1.47 bits per heavy atom. The zero-order valence-electron chi connectivity index (χ0n) is 9.07. The van der Waals surface area contributed by atoms with Crippen molar-refractivity contribution in [3.05, 3.63) is 42.6 Å². The molecule has 0 aliphatic carbocycles. The van der Waals surface area contributed by atoms with Gasteiger partial charge in [0.05, 0.1) is 0 Å². The molecule has 2 nitrogen and oxygen atoms in total. The molecule has 15 heavy (non-hydrogen) atoms. The molecule has 82 valence electrons. The molecular weight excluding hydrogens is 204 g/mol. The van der Waals surface area contributed by atoms with Crippen LogP contribution in [-0.4, -0.2) is 18.8 Å². The summed E-state index contributed by atoms with van der Waals surface area (Å²) in [6.07, 6.45) is 0.830. The molecule has 0 bridgehead atoms. The highest BCUT2D eigenvalue weighted by Gasteiger charge is 2.04. The van der Waals surface area contributed by atoms with Crippen LogP contribution in [0.25, 0.3) is 0 Å². The fraction of sp³-hybridized carbons (Fsp3) is 0.333. The van der Waals surface area contributed by atoms with Gasteiger partial charge in [-0.15, -0.1) is 11.8 Å². The van der Waals surface area contributed by atoms with Crippen LogP contribution in [0.4, 0.5) is 0 Å². The highest BCUT2D eigenvalue weighted by molar-refractivity contribution is 7.99. The minimum absolute atomic E-state index is 0.162. The second-order valence-electron chi connectivity index (χ2n) is 3.44. The number of rotatable bonds is 6. The number of nitrogens with one attached hydrogen (secondary N) is 1. The van der Waals surface area contributed by atoms with Crippen LogP contribution in [0.1, 0.15) is 6.42 Å². The summed E-state index contributed by atoms with van der Waals surface area (Å²) < 4.78 is 0. The highest BCUT2D eigenvalue weighted by Crippen LogP contribution is 2.18. The molecule has 0 aromatic heterocycles. The smallest absolute Gasteiger partial charge is 0.0188 e. The van der Waals surface area contributed by atoms with E-state index in [-0.39, 0.29) is 6.04 Å². The van der Waals surface area contributed by atoms with E-state index < -0.39 is 0 Å². The van der Waals surface area contributed by atoms with Gasteiger partial charge in [0.1, 0.15) is 0 Å². The summed E-state index contributed by atoms with van der Waals surface area (Å²) in [5.74, 6) is 0.921. The van der Waals surface area contributed by atoms with Gasteiger partial charge in [0, 0.05) is 35.9 Å². The van der Waals surface area contributed by atoms with Gasteiger partial charge in [0.15, 0.2) is 0 Å². The molecule has 0 amide bonds. The van der Waals surface area contributed by atoms with Gasteiger partial charge in [-0.3, -0.25) is 0 Å². The molecule has 3 heteroatoms. The second kappa shape index (κ2) is 6.53. The molecule has 0 saturated carbocycles. The molecule has 1 aromatic rings. The maximum Gasteiger partial charge on any atom is 0.0188 e. The lowest BCUT2D eigenvalue weighted by Crippen LogP contribution is -2.25. The molecule has 1 atom stereocenters. The molecule has 3 N–H and O–H groups in total. The standard InChI is InChI=1S/C12H18N2S/c1-10(14-2)8-11(13)9-15-12-6-4-3-5-7-12/h3-7,11,14H,1,8-9,13H2,2H3/t11-/m1/s1. The summed E-state index contributed by atoms with van der Waals surface area (Å²) in [6, 6.07) is 10.5. The third kappa shape index (κ3) is 4.91. The predicted molar refractivity (Wildman–Crippen MR) is 68.0 cm³/mol. The lowest BCUT2D eigenvalue weighted by atomic mass is 10.2. The van der Waals surface area contributed by atoms with E-state index in [1.807, 2.05) is 25.2 Å². The van der Waals surface area contributed by atoms with E-state index in [1.54, 1.807) is 11.8 Å². The van der Waals surface area contributed by atoms with Crippen LogP contribution in [0.5, 0.6) is 0 Å². The molecule has 0 aliphatic heterocycles. The van der Waals surface area contributed by atoms with E-state index >= 15 is 0 Å². The van der Waals surface area contributed by atoms with Gasteiger partial charge in [0.25, 0.3) is 0 Å². The average molecular weight is 222 g/mol. The first-order valence-corrected chi connectivity index (χ1v) is 6.00. The Kier molecular flexibility index (Phi) is 5.29. The van der Waals surface area contributed by atoms with E-state index in [1.165, 1.54) is 4.90 Å². The number of nitrogens with two attached hydrogens (primary N) is 1. The number of benzene rings is 1. The first-order chi connectivity index (χ1) is 7.22. The van der Waals surface area contributed by atoms with E-state index in [4.69, 9.17) is 5.73 Å². The van der Waals surface area contributed by atoms with Crippen LogP contribution < -0.4 is 11.1 Å². The molecule has 1 rings (SSSR count). The van der Waals surface area contributed by atoms with Gasteiger partial charge in [0.2, 0.25) is 0 Å². The minimum Gasteiger partial charge on any atom is -0.392 e. The highest BCUT2D eigenvalue weighted by atomic mass is 32.2. The Morgan fingerprint density at radius 2 is 2.13 bits per heavy atom. The van der Waals surface area contributed by atoms with Gasteiger partial charge in [-0.05, 0) is 12.1 Å². The number of thioether (sulfide) groups is 1. The summed E-state index contributed by atoms with van der Waals surface area (Å²) in [4.78, 5) is 1.27. The van der Waals surface area contributed by atoms with Crippen molar-refractivity contribution in [2.75, 3.05) is 12.8 Å². The Hall–Kier alpha value is -0.930. The first-order valence-electron chi connectivity index (χ1n) is 5.01. The van der Waals surface area contributed by atoms with Crippen molar-refractivity contribution < 1.29 is 0 Å². The predicted octanol–water partition coefficient (Wildman–Crippen LogP) is 2.23. The normalized spacial score (nSPS) is 12.1. The van der Waals surface area contributed by atoms with E-state index in [2.05, 4.69) is 24.0 Å². The van der Waals surface area contributed by atoms with Crippen molar-refractivity contribution in [1.82, 2.24) is 5.32 Å². The van der Waals surface area contributed by atoms with Crippen molar-refractivity contribution in [1.29, 1.82) is 0 Å². The lowest BCUT2D eigenvalue weighted by molar-refractivity contribution is 0.707. The summed E-state index contributed by atoms with van der Waals surface area (Å²) in [7, 11) is 1.87. The topological polar surface area (TPSA) is 38.0 Å². The zero-order chi connectivity index (χ0) is 11.1. The van der Waals surface area contributed by atoms with Gasteiger partial charge in [-0.2, -0.15) is 0 Å². The van der Waals surface area contributed by atoms with Crippen molar-refractivity contribution in [3.63, 3.8) is 0 Å². The molecule has 0 radical (unpaired) electrons. The zero-order valence-corrected chi connectivity index (χ0v) is 9.89. The molecule has 0 spiro atoms. The average Bonchev–Trinajstić information content (AvgIpc) is 2.27. The van der Waals surface area contributed by atoms with Gasteiger partial charge in [-0.1, -0.05) is 24.8 Å². The van der Waals surface area contributed by atoms with Crippen LogP contribution >= 0.6 is 11.8 Å². The van der Waals surface area contributed by atoms with Gasteiger partial charge in [-0.25, -0.2) is 0 Å². The van der Waals surface area contributed by atoms with Crippen LogP contribution in [0.15, 0.2) is 47.5 Å².